The number of hydrogen-bond donors (Lipinski definition) is 1. The fourth-order valence-electron chi connectivity index (χ4n) is 3.21. The van der Waals surface area contributed by atoms with Crippen LogP contribution in [-0.4, -0.2) is 20.8 Å². The zero-order valence-corrected chi connectivity index (χ0v) is 19.6. The molecule has 164 valence electrons. The van der Waals surface area contributed by atoms with Crippen LogP contribution in [0.5, 0.6) is 5.75 Å². The van der Waals surface area contributed by atoms with E-state index in [9.17, 15) is 4.79 Å². The minimum Gasteiger partial charge on any atom is -0.489 e. The molecular weight excluding hydrogens is 472 g/mol. The normalized spacial score (nSPS) is 10.9. The van der Waals surface area contributed by atoms with E-state index in [1.165, 1.54) is 5.56 Å². The summed E-state index contributed by atoms with van der Waals surface area (Å²) in [6.07, 6.45) is 1.82. The second-order valence-electron chi connectivity index (χ2n) is 7.63. The van der Waals surface area contributed by atoms with Crippen molar-refractivity contribution in [2.45, 2.75) is 33.9 Å². The molecule has 0 aliphatic heterocycles. The van der Waals surface area contributed by atoms with Gasteiger partial charge in [-0.3, -0.25) is 9.48 Å². The first-order valence-electron chi connectivity index (χ1n) is 10.1. The first-order chi connectivity index (χ1) is 15.4. The van der Waals surface area contributed by atoms with E-state index < -0.39 is 5.91 Å². The highest BCUT2D eigenvalue weighted by Gasteiger charge is 2.22. The molecule has 2 aromatic heterocycles. The van der Waals surface area contributed by atoms with E-state index in [4.69, 9.17) is 9.26 Å². The van der Waals surface area contributed by atoms with Gasteiger partial charge in [-0.15, -0.1) is 0 Å². The summed E-state index contributed by atoms with van der Waals surface area (Å²) < 4.78 is 13.5. The van der Waals surface area contributed by atoms with E-state index in [0.717, 1.165) is 16.9 Å². The molecule has 8 heteroatoms. The molecule has 2 heterocycles. The fourth-order valence-corrected chi connectivity index (χ4v) is 3.62. The third-order valence-corrected chi connectivity index (χ3v) is 5.57. The molecule has 1 N–H and O–H groups in total. The van der Waals surface area contributed by atoms with Gasteiger partial charge in [-0.2, -0.15) is 5.10 Å². The van der Waals surface area contributed by atoms with Crippen molar-refractivity contribution in [2.24, 2.45) is 0 Å². The number of rotatable bonds is 7. The number of carbonyl (C=O) groups excluding carboxylic acids is 1. The molecule has 0 radical (unpaired) electrons. The van der Waals surface area contributed by atoms with E-state index in [1.807, 2.05) is 44.3 Å². The number of hydrogen-bond acceptors (Lipinski definition) is 5. The fraction of sp³-hybridized carbons (Fsp3) is 0.208. The van der Waals surface area contributed by atoms with E-state index in [0.29, 0.717) is 28.2 Å². The van der Waals surface area contributed by atoms with Crippen molar-refractivity contribution in [3.8, 4) is 5.75 Å². The lowest BCUT2D eigenvalue weighted by Crippen LogP contribution is -2.16. The lowest BCUT2D eigenvalue weighted by Gasteiger charge is -2.07. The SMILES string of the molecule is Cc1ccc(Cn2cc(Br)c(NC(=O)c3noc(C)c3COc3cccc(C)c3)n2)cc1. The summed E-state index contributed by atoms with van der Waals surface area (Å²) in [6.45, 7) is 6.56. The Morgan fingerprint density at radius 3 is 2.66 bits per heavy atom. The van der Waals surface area contributed by atoms with Crippen LogP contribution in [0.1, 0.15) is 38.5 Å². The summed E-state index contributed by atoms with van der Waals surface area (Å²) in [5.41, 5.74) is 4.18. The maximum absolute atomic E-state index is 12.9. The third kappa shape index (κ3) is 5.08. The lowest BCUT2D eigenvalue weighted by atomic mass is 10.1. The van der Waals surface area contributed by atoms with E-state index in [-0.39, 0.29) is 12.3 Å². The van der Waals surface area contributed by atoms with Gasteiger partial charge in [0.05, 0.1) is 16.6 Å². The molecule has 0 saturated carbocycles. The minimum atomic E-state index is -0.411. The number of aromatic nitrogens is 3. The Kier molecular flexibility index (Phi) is 6.41. The Labute approximate surface area is 194 Å². The molecule has 0 fully saturated rings. The van der Waals surface area contributed by atoms with Crippen molar-refractivity contribution in [2.75, 3.05) is 5.32 Å². The van der Waals surface area contributed by atoms with Crippen LogP contribution < -0.4 is 10.1 Å². The Morgan fingerprint density at radius 2 is 1.91 bits per heavy atom. The average Bonchev–Trinajstić information content (AvgIpc) is 3.30. The number of aryl methyl sites for hydroxylation is 3. The Morgan fingerprint density at radius 1 is 1.12 bits per heavy atom. The molecular formula is C24H23BrN4O3. The number of benzene rings is 2. The first kappa shape index (κ1) is 21.8. The van der Waals surface area contributed by atoms with Gasteiger partial charge in [0, 0.05) is 6.20 Å². The molecule has 0 unspecified atom stereocenters. The minimum absolute atomic E-state index is 0.171. The molecule has 2 aromatic carbocycles. The van der Waals surface area contributed by atoms with Gasteiger partial charge >= 0.3 is 0 Å². The number of nitrogens with one attached hydrogen (secondary N) is 1. The molecule has 0 aliphatic carbocycles. The van der Waals surface area contributed by atoms with Gasteiger partial charge in [-0.25, -0.2) is 0 Å². The van der Waals surface area contributed by atoms with Crippen molar-refractivity contribution in [1.82, 2.24) is 14.9 Å². The molecule has 0 bridgehead atoms. The highest BCUT2D eigenvalue weighted by molar-refractivity contribution is 9.10. The molecule has 0 aliphatic rings. The first-order valence-corrected chi connectivity index (χ1v) is 10.9. The molecule has 4 rings (SSSR count). The third-order valence-electron chi connectivity index (χ3n) is 4.99. The molecule has 1 amide bonds. The Bertz CT molecular complexity index is 1240. The van der Waals surface area contributed by atoms with Crippen molar-refractivity contribution in [3.63, 3.8) is 0 Å². The smallest absolute Gasteiger partial charge is 0.279 e. The summed E-state index contributed by atoms with van der Waals surface area (Å²) in [5.74, 6) is 1.25. The van der Waals surface area contributed by atoms with Gasteiger partial charge in [0.25, 0.3) is 5.91 Å². The summed E-state index contributed by atoms with van der Waals surface area (Å²) in [6, 6.07) is 15.9. The molecule has 0 spiro atoms. The van der Waals surface area contributed by atoms with Crippen LogP contribution in [-0.2, 0) is 13.2 Å². The highest BCUT2D eigenvalue weighted by atomic mass is 79.9. The number of carbonyl (C=O) groups is 1. The van der Waals surface area contributed by atoms with E-state index in [1.54, 1.807) is 11.6 Å². The maximum atomic E-state index is 12.9. The maximum Gasteiger partial charge on any atom is 0.279 e. The number of nitrogens with zero attached hydrogens (tertiary/aromatic N) is 3. The monoisotopic (exact) mass is 494 g/mol. The van der Waals surface area contributed by atoms with Gasteiger partial charge in [0.15, 0.2) is 11.5 Å². The van der Waals surface area contributed by atoms with Crippen molar-refractivity contribution < 1.29 is 14.1 Å². The quantitative estimate of drug-likeness (QED) is 0.369. The van der Waals surface area contributed by atoms with Gasteiger partial charge in [0.2, 0.25) is 0 Å². The van der Waals surface area contributed by atoms with Gasteiger partial charge in [0.1, 0.15) is 18.1 Å². The molecule has 0 atom stereocenters. The Hall–Kier alpha value is -3.39. The van der Waals surface area contributed by atoms with Crippen LogP contribution in [0, 0.1) is 20.8 Å². The number of halogens is 1. The molecule has 0 saturated heterocycles. The van der Waals surface area contributed by atoms with Crippen molar-refractivity contribution >= 4 is 27.7 Å². The van der Waals surface area contributed by atoms with Crippen LogP contribution in [0.2, 0.25) is 0 Å². The second kappa shape index (κ2) is 9.40. The number of ether oxygens (including phenoxy) is 1. The molecule has 32 heavy (non-hydrogen) atoms. The molecule has 7 nitrogen and oxygen atoms in total. The van der Waals surface area contributed by atoms with Crippen LogP contribution in [0.15, 0.2) is 63.7 Å². The summed E-state index contributed by atoms with van der Waals surface area (Å²) in [7, 11) is 0. The second-order valence-corrected chi connectivity index (χ2v) is 8.49. The average molecular weight is 495 g/mol. The largest absolute Gasteiger partial charge is 0.489 e. The highest BCUT2D eigenvalue weighted by Crippen LogP contribution is 2.23. The van der Waals surface area contributed by atoms with Crippen molar-refractivity contribution in [1.29, 1.82) is 0 Å². The summed E-state index contributed by atoms with van der Waals surface area (Å²) in [4.78, 5) is 12.9. The van der Waals surface area contributed by atoms with Crippen LogP contribution in [0.3, 0.4) is 0 Å². The standard InChI is InChI=1S/C24H23BrN4O3/c1-15-7-9-18(10-8-15)12-29-13-21(25)23(27-29)26-24(30)22-20(17(3)32-28-22)14-31-19-6-4-5-16(2)11-19/h4-11,13H,12,14H2,1-3H3,(H,26,27,30). The zero-order chi connectivity index (χ0) is 22.7. The van der Waals surface area contributed by atoms with Gasteiger partial charge < -0.3 is 14.6 Å². The van der Waals surface area contributed by atoms with Crippen LogP contribution in [0.4, 0.5) is 5.82 Å². The predicted molar refractivity (Wildman–Crippen MR) is 125 cm³/mol. The zero-order valence-electron chi connectivity index (χ0n) is 18.1. The van der Waals surface area contributed by atoms with E-state index in [2.05, 4.69) is 55.8 Å². The topological polar surface area (TPSA) is 82.2 Å². The lowest BCUT2D eigenvalue weighted by molar-refractivity contribution is 0.101. The summed E-state index contributed by atoms with van der Waals surface area (Å²) in [5, 5.41) is 11.2. The Balaban J connectivity index is 1.46. The van der Waals surface area contributed by atoms with Crippen LogP contribution in [0.25, 0.3) is 0 Å². The number of amides is 1. The van der Waals surface area contributed by atoms with Gasteiger partial charge in [-0.05, 0) is 60.0 Å². The van der Waals surface area contributed by atoms with Crippen LogP contribution >= 0.6 is 15.9 Å². The predicted octanol–water partition coefficient (Wildman–Crippen LogP) is 5.44. The van der Waals surface area contributed by atoms with Gasteiger partial charge in [-0.1, -0.05) is 47.1 Å². The number of anilines is 1. The van der Waals surface area contributed by atoms with Crippen molar-refractivity contribution in [3.05, 3.63) is 92.9 Å². The molecule has 4 aromatic rings. The van der Waals surface area contributed by atoms with E-state index >= 15 is 0 Å². The summed E-state index contributed by atoms with van der Waals surface area (Å²) >= 11 is 3.47.